The molecule has 0 saturated carbocycles. The number of ether oxygens (including phenoxy) is 2. The van der Waals surface area contributed by atoms with Crippen molar-refractivity contribution in [2.75, 3.05) is 6.61 Å². The molecule has 0 unspecified atom stereocenters. The van der Waals surface area contributed by atoms with E-state index >= 15 is 0 Å². The highest BCUT2D eigenvalue weighted by atomic mass is 16.5. The van der Waals surface area contributed by atoms with Gasteiger partial charge in [0.25, 0.3) is 0 Å². The molecule has 0 radical (unpaired) electrons. The summed E-state index contributed by atoms with van der Waals surface area (Å²) in [6, 6.07) is 7.70. The van der Waals surface area contributed by atoms with Crippen LogP contribution in [0.3, 0.4) is 0 Å². The average molecular weight is 335 g/mol. The fourth-order valence-electron chi connectivity index (χ4n) is 2.66. The van der Waals surface area contributed by atoms with Crippen LogP contribution in [0.5, 0.6) is 5.75 Å². The van der Waals surface area contributed by atoms with Crippen molar-refractivity contribution in [1.82, 2.24) is 0 Å². The molecule has 1 aromatic carbocycles. The lowest BCUT2D eigenvalue weighted by Gasteiger charge is -2.07. The topological polar surface area (TPSA) is 35.5 Å². The van der Waals surface area contributed by atoms with Crippen LogP contribution >= 0.6 is 0 Å². The maximum Gasteiger partial charge on any atom is 0.306 e. The lowest BCUT2D eigenvalue weighted by atomic mass is 10.1. The zero-order valence-corrected chi connectivity index (χ0v) is 15.5. The predicted molar refractivity (Wildman–Crippen MR) is 99.3 cm³/mol. The zero-order chi connectivity index (χ0) is 17.5. The highest BCUT2D eigenvalue weighted by Gasteiger charge is 2.04. The molecule has 1 rings (SSSR count). The lowest BCUT2D eigenvalue weighted by molar-refractivity contribution is -0.145. The molecular formula is C21H34O3. The van der Waals surface area contributed by atoms with Crippen LogP contribution in [0.2, 0.25) is 0 Å². The second kappa shape index (κ2) is 13.9. The van der Waals surface area contributed by atoms with E-state index < -0.39 is 0 Å². The molecule has 0 bridgehead atoms. The normalized spacial score (nSPS) is 10.6. The van der Waals surface area contributed by atoms with Gasteiger partial charge in [-0.1, -0.05) is 70.4 Å². The fourth-order valence-corrected chi connectivity index (χ4v) is 2.66. The minimum absolute atomic E-state index is 0.0909. The standard InChI is InChI=1S/C21H34O3/c1-3-5-6-7-8-9-10-11-12-13-21(22)24-18-19-14-16-20(17-15-19)23-4-2/h14-17H,3-13,18H2,1-2H3. The van der Waals surface area contributed by atoms with Crippen molar-refractivity contribution in [3.05, 3.63) is 29.8 Å². The molecule has 0 saturated heterocycles. The van der Waals surface area contributed by atoms with E-state index in [0.717, 1.165) is 24.2 Å². The Balaban J connectivity index is 2.00. The Labute approximate surface area is 147 Å². The van der Waals surface area contributed by atoms with Crippen LogP contribution in [0.1, 0.15) is 83.6 Å². The van der Waals surface area contributed by atoms with Crippen LogP contribution in [-0.4, -0.2) is 12.6 Å². The highest BCUT2D eigenvalue weighted by Crippen LogP contribution is 2.14. The maximum absolute atomic E-state index is 11.7. The lowest BCUT2D eigenvalue weighted by Crippen LogP contribution is -2.04. The van der Waals surface area contributed by atoms with Crippen LogP contribution in [0, 0.1) is 0 Å². The summed E-state index contributed by atoms with van der Waals surface area (Å²) in [5.74, 6) is 0.758. The van der Waals surface area contributed by atoms with E-state index in [2.05, 4.69) is 6.92 Å². The average Bonchev–Trinajstić information content (AvgIpc) is 2.60. The predicted octanol–water partition coefficient (Wildman–Crippen LogP) is 6.05. The minimum atomic E-state index is -0.0909. The first-order chi connectivity index (χ1) is 11.8. The number of hydrogen-bond acceptors (Lipinski definition) is 3. The van der Waals surface area contributed by atoms with Crippen molar-refractivity contribution in [2.24, 2.45) is 0 Å². The van der Waals surface area contributed by atoms with Gasteiger partial charge in [0.15, 0.2) is 0 Å². The Bertz CT molecular complexity index is 425. The first-order valence-electron chi connectivity index (χ1n) is 9.63. The summed E-state index contributed by atoms with van der Waals surface area (Å²) in [6.45, 7) is 5.22. The van der Waals surface area contributed by atoms with Gasteiger partial charge < -0.3 is 9.47 Å². The summed E-state index contributed by atoms with van der Waals surface area (Å²) >= 11 is 0. The molecule has 136 valence electrons. The van der Waals surface area contributed by atoms with Crippen molar-refractivity contribution in [2.45, 2.75) is 84.7 Å². The third-order valence-electron chi connectivity index (χ3n) is 4.12. The molecule has 0 spiro atoms. The minimum Gasteiger partial charge on any atom is -0.494 e. The number of carbonyl (C=O) groups is 1. The Morgan fingerprint density at radius 3 is 2.00 bits per heavy atom. The van der Waals surface area contributed by atoms with Crippen molar-refractivity contribution in [3.8, 4) is 5.75 Å². The van der Waals surface area contributed by atoms with E-state index in [4.69, 9.17) is 9.47 Å². The van der Waals surface area contributed by atoms with Gasteiger partial charge in [-0.25, -0.2) is 0 Å². The molecule has 0 aliphatic rings. The summed E-state index contributed by atoms with van der Waals surface area (Å²) in [5.41, 5.74) is 0.999. The molecule has 24 heavy (non-hydrogen) atoms. The van der Waals surface area contributed by atoms with Crippen LogP contribution in [0.15, 0.2) is 24.3 Å². The third kappa shape index (κ3) is 10.3. The SMILES string of the molecule is CCCCCCCCCCCC(=O)OCc1ccc(OCC)cc1. The Hall–Kier alpha value is -1.51. The van der Waals surface area contributed by atoms with E-state index in [9.17, 15) is 4.79 Å². The quantitative estimate of drug-likeness (QED) is 0.307. The summed E-state index contributed by atoms with van der Waals surface area (Å²) in [7, 11) is 0. The number of carbonyl (C=O) groups excluding carboxylic acids is 1. The molecule has 1 aromatic rings. The fraction of sp³-hybridized carbons (Fsp3) is 0.667. The van der Waals surface area contributed by atoms with Crippen LogP contribution < -0.4 is 4.74 Å². The summed E-state index contributed by atoms with van der Waals surface area (Å²) < 4.78 is 10.7. The van der Waals surface area contributed by atoms with Crippen molar-refractivity contribution in [1.29, 1.82) is 0 Å². The molecule has 3 nitrogen and oxygen atoms in total. The van der Waals surface area contributed by atoms with Gasteiger partial charge in [-0.2, -0.15) is 0 Å². The van der Waals surface area contributed by atoms with Crippen LogP contribution in [-0.2, 0) is 16.1 Å². The molecule has 0 N–H and O–H groups in total. The van der Waals surface area contributed by atoms with E-state index in [1.54, 1.807) is 0 Å². The number of esters is 1. The maximum atomic E-state index is 11.7. The number of unbranched alkanes of at least 4 members (excludes halogenated alkanes) is 8. The second-order valence-electron chi connectivity index (χ2n) is 6.32. The monoisotopic (exact) mass is 334 g/mol. The molecular weight excluding hydrogens is 300 g/mol. The highest BCUT2D eigenvalue weighted by molar-refractivity contribution is 5.69. The molecule has 0 atom stereocenters. The van der Waals surface area contributed by atoms with Crippen molar-refractivity contribution in [3.63, 3.8) is 0 Å². The molecule has 0 amide bonds. The van der Waals surface area contributed by atoms with Gasteiger partial charge >= 0.3 is 5.97 Å². The van der Waals surface area contributed by atoms with Crippen molar-refractivity contribution < 1.29 is 14.3 Å². The smallest absolute Gasteiger partial charge is 0.306 e. The Kier molecular flexibility index (Phi) is 11.9. The van der Waals surface area contributed by atoms with E-state index in [1.165, 1.54) is 44.9 Å². The van der Waals surface area contributed by atoms with Gasteiger partial charge in [0, 0.05) is 6.42 Å². The van der Waals surface area contributed by atoms with Gasteiger partial charge in [-0.05, 0) is 31.0 Å². The van der Waals surface area contributed by atoms with E-state index in [0.29, 0.717) is 19.6 Å². The largest absolute Gasteiger partial charge is 0.494 e. The molecule has 3 heteroatoms. The van der Waals surface area contributed by atoms with Crippen LogP contribution in [0.25, 0.3) is 0 Å². The van der Waals surface area contributed by atoms with Crippen molar-refractivity contribution >= 4 is 5.97 Å². The molecule has 0 fully saturated rings. The van der Waals surface area contributed by atoms with Crippen LogP contribution in [0.4, 0.5) is 0 Å². The first kappa shape index (κ1) is 20.5. The van der Waals surface area contributed by atoms with Gasteiger partial charge in [-0.3, -0.25) is 4.79 Å². The number of hydrogen-bond donors (Lipinski definition) is 0. The number of benzene rings is 1. The van der Waals surface area contributed by atoms with Gasteiger partial charge in [-0.15, -0.1) is 0 Å². The Morgan fingerprint density at radius 2 is 1.42 bits per heavy atom. The summed E-state index contributed by atoms with van der Waals surface area (Å²) in [5, 5.41) is 0. The molecule has 0 aliphatic heterocycles. The molecule has 0 aromatic heterocycles. The molecule has 0 aliphatic carbocycles. The second-order valence-corrected chi connectivity index (χ2v) is 6.32. The summed E-state index contributed by atoms with van der Waals surface area (Å²) in [4.78, 5) is 11.7. The van der Waals surface area contributed by atoms with Gasteiger partial charge in [0.05, 0.1) is 6.61 Å². The third-order valence-corrected chi connectivity index (χ3v) is 4.12. The zero-order valence-electron chi connectivity index (χ0n) is 15.5. The van der Waals surface area contributed by atoms with E-state index in [-0.39, 0.29) is 5.97 Å². The molecule has 0 heterocycles. The summed E-state index contributed by atoms with van der Waals surface area (Å²) in [6.07, 6.45) is 11.9. The van der Waals surface area contributed by atoms with Gasteiger partial charge in [0.1, 0.15) is 12.4 Å². The van der Waals surface area contributed by atoms with E-state index in [1.807, 2.05) is 31.2 Å². The first-order valence-corrected chi connectivity index (χ1v) is 9.63. The number of rotatable bonds is 14. The Morgan fingerprint density at radius 1 is 0.833 bits per heavy atom. The van der Waals surface area contributed by atoms with Gasteiger partial charge in [0.2, 0.25) is 0 Å².